The van der Waals surface area contributed by atoms with E-state index in [0.29, 0.717) is 0 Å². The Kier molecular flexibility index (Phi) is 2.65. The van der Waals surface area contributed by atoms with Gasteiger partial charge in [-0.1, -0.05) is 0 Å². The Morgan fingerprint density at radius 3 is 2.80 bits per heavy atom. The Balaban J connectivity index is 2.37. The van der Waals surface area contributed by atoms with E-state index in [4.69, 9.17) is 0 Å². The molecule has 0 saturated heterocycles. The van der Waals surface area contributed by atoms with Gasteiger partial charge in [0.15, 0.2) is 5.78 Å². The van der Waals surface area contributed by atoms with E-state index in [1.165, 1.54) is 9.75 Å². The average Bonchev–Trinajstić information content (AvgIpc) is 2.51. The van der Waals surface area contributed by atoms with E-state index in [9.17, 15) is 4.79 Å². The van der Waals surface area contributed by atoms with Crippen molar-refractivity contribution in [1.82, 2.24) is 4.90 Å². The highest BCUT2D eigenvalue weighted by atomic mass is 32.1. The monoisotopic (exact) mass is 221 g/mol. The van der Waals surface area contributed by atoms with Crippen LogP contribution in [0.3, 0.4) is 0 Å². The zero-order chi connectivity index (χ0) is 11.0. The van der Waals surface area contributed by atoms with Crippen LogP contribution in [-0.4, -0.2) is 24.8 Å². The first-order valence-electron chi connectivity index (χ1n) is 5.09. The lowest BCUT2D eigenvalue weighted by atomic mass is 9.93. The van der Waals surface area contributed by atoms with Crippen molar-refractivity contribution in [2.75, 3.05) is 14.1 Å². The molecule has 0 atom stereocenters. The first-order valence-corrected chi connectivity index (χ1v) is 5.90. The second-order valence-electron chi connectivity index (χ2n) is 4.14. The number of Topliss-reactive ketones (excluding diaryl/α,β-unsaturated/α-hetero) is 1. The number of nitrogens with zero attached hydrogens (tertiary/aromatic N) is 1. The Hall–Kier alpha value is -1.09. The van der Waals surface area contributed by atoms with Crippen LogP contribution < -0.4 is 0 Å². The van der Waals surface area contributed by atoms with E-state index in [-0.39, 0.29) is 5.78 Å². The lowest BCUT2D eigenvalue weighted by Crippen LogP contribution is -2.15. The zero-order valence-electron chi connectivity index (χ0n) is 9.33. The van der Waals surface area contributed by atoms with E-state index in [2.05, 4.69) is 6.92 Å². The zero-order valence-corrected chi connectivity index (χ0v) is 10.1. The quantitative estimate of drug-likeness (QED) is 0.679. The molecule has 2 rings (SSSR count). The second-order valence-corrected chi connectivity index (χ2v) is 5.48. The number of carbonyl (C=O) groups is 1. The van der Waals surface area contributed by atoms with Crippen LogP contribution in [0.15, 0.2) is 17.8 Å². The predicted molar refractivity (Wildman–Crippen MR) is 63.5 cm³/mol. The third kappa shape index (κ3) is 1.97. The van der Waals surface area contributed by atoms with Gasteiger partial charge < -0.3 is 4.90 Å². The average molecular weight is 221 g/mol. The van der Waals surface area contributed by atoms with Crippen molar-refractivity contribution in [2.24, 2.45) is 0 Å². The molecule has 1 heterocycles. The molecule has 3 heteroatoms. The maximum atomic E-state index is 12.1. The third-order valence-electron chi connectivity index (χ3n) is 2.50. The predicted octanol–water partition coefficient (Wildman–Crippen LogP) is 2.63. The first-order chi connectivity index (χ1) is 7.08. The number of allylic oxidation sites excluding steroid dienone is 1. The van der Waals surface area contributed by atoms with E-state index in [1.807, 2.05) is 31.3 Å². The summed E-state index contributed by atoms with van der Waals surface area (Å²) in [5.41, 5.74) is 1.86. The molecule has 2 nitrogen and oxygen atoms in total. The van der Waals surface area contributed by atoms with Gasteiger partial charge in [0.25, 0.3) is 0 Å². The minimum Gasteiger partial charge on any atom is -0.383 e. The van der Waals surface area contributed by atoms with Crippen LogP contribution in [0.5, 0.6) is 0 Å². The SMILES string of the molecule is Cc1cc2c(s1)CC/C(=C/N(C)C)C2=O. The van der Waals surface area contributed by atoms with Gasteiger partial charge in [0.05, 0.1) is 0 Å². The minimum absolute atomic E-state index is 0.217. The molecule has 0 spiro atoms. The van der Waals surface area contributed by atoms with Crippen LogP contribution in [0.1, 0.15) is 26.5 Å². The number of aryl methyl sites for hydroxylation is 2. The van der Waals surface area contributed by atoms with Crippen molar-refractivity contribution < 1.29 is 4.79 Å². The fourth-order valence-electron chi connectivity index (χ4n) is 1.91. The number of thiophene rings is 1. The lowest BCUT2D eigenvalue weighted by Gasteiger charge is -2.15. The topological polar surface area (TPSA) is 20.3 Å². The molecule has 0 unspecified atom stereocenters. The molecule has 0 amide bonds. The minimum atomic E-state index is 0.217. The van der Waals surface area contributed by atoms with Gasteiger partial charge in [0, 0.05) is 41.2 Å². The van der Waals surface area contributed by atoms with E-state index in [1.54, 1.807) is 11.3 Å². The summed E-state index contributed by atoms with van der Waals surface area (Å²) >= 11 is 1.75. The summed E-state index contributed by atoms with van der Waals surface area (Å²) in [6.07, 6.45) is 3.83. The molecule has 15 heavy (non-hydrogen) atoms. The molecule has 1 aromatic heterocycles. The summed E-state index contributed by atoms with van der Waals surface area (Å²) in [4.78, 5) is 16.5. The molecule has 0 bridgehead atoms. The first kappa shape index (κ1) is 10.4. The van der Waals surface area contributed by atoms with Gasteiger partial charge in [-0.3, -0.25) is 4.79 Å². The Morgan fingerprint density at radius 1 is 1.40 bits per heavy atom. The van der Waals surface area contributed by atoms with Gasteiger partial charge in [0.2, 0.25) is 0 Å². The van der Waals surface area contributed by atoms with Crippen molar-refractivity contribution in [2.45, 2.75) is 19.8 Å². The highest BCUT2D eigenvalue weighted by Gasteiger charge is 2.23. The summed E-state index contributed by atoms with van der Waals surface area (Å²) in [5, 5.41) is 0. The van der Waals surface area contributed by atoms with Gasteiger partial charge >= 0.3 is 0 Å². The molecule has 1 aromatic rings. The second kappa shape index (κ2) is 3.81. The van der Waals surface area contributed by atoms with Gasteiger partial charge in [-0.05, 0) is 25.8 Å². The van der Waals surface area contributed by atoms with E-state index >= 15 is 0 Å². The number of fused-ring (bicyclic) bond motifs is 1. The van der Waals surface area contributed by atoms with Crippen molar-refractivity contribution in [3.8, 4) is 0 Å². The van der Waals surface area contributed by atoms with E-state index in [0.717, 1.165) is 24.0 Å². The van der Waals surface area contributed by atoms with Gasteiger partial charge in [-0.15, -0.1) is 11.3 Å². The third-order valence-corrected chi connectivity index (χ3v) is 3.61. The molecular weight excluding hydrogens is 206 g/mol. The summed E-state index contributed by atoms with van der Waals surface area (Å²) in [6, 6.07) is 2.02. The van der Waals surface area contributed by atoms with Crippen molar-refractivity contribution in [3.05, 3.63) is 33.2 Å². The van der Waals surface area contributed by atoms with Crippen LogP contribution in [0.4, 0.5) is 0 Å². The van der Waals surface area contributed by atoms with Crippen LogP contribution >= 0.6 is 11.3 Å². The van der Waals surface area contributed by atoms with Crippen molar-refractivity contribution >= 4 is 17.1 Å². The fourth-order valence-corrected chi connectivity index (χ4v) is 2.94. The van der Waals surface area contributed by atoms with Crippen LogP contribution in [0.2, 0.25) is 0 Å². The molecular formula is C12H15NOS. The maximum Gasteiger partial charge on any atom is 0.191 e. The van der Waals surface area contributed by atoms with Crippen LogP contribution in [0, 0.1) is 6.92 Å². The summed E-state index contributed by atoms with van der Waals surface area (Å²) in [6.45, 7) is 2.06. The number of rotatable bonds is 1. The smallest absolute Gasteiger partial charge is 0.191 e. The largest absolute Gasteiger partial charge is 0.383 e. The molecule has 80 valence electrons. The van der Waals surface area contributed by atoms with Crippen LogP contribution in [-0.2, 0) is 6.42 Å². The number of ketones is 1. The molecule has 0 aromatic carbocycles. The molecule has 0 fully saturated rings. The number of hydrogen-bond acceptors (Lipinski definition) is 3. The summed E-state index contributed by atoms with van der Waals surface area (Å²) in [5.74, 6) is 0.217. The summed E-state index contributed by atoms with van der Waals surface area (Å²) in [7, 11) is 3.91. The van der Waals surface area contributed by atoms with Crippen molar-refractivity contribution in [1.29, 1.82) is 0 Å². The standard InChI is InChI=1S/C12H15NOS/c1-8-6-10-11(15-8)5-4-9(12(10)14)7-13(2)3/h6-7H,4-5H2,1-3H3/b9-7-. The number of hydrogen-bond donors (Lipinski definition) is 0. The molecule has 0 saturated carbocycles. The normalized spacial score (nSPS) is 18.1. The Morgan fingerprint density at radius 2 is 2.13 bits per heavy atom. The molecule has 1 aliphatic rings. The highest BCUT2D eigenvalue weighted by Crippen LogP contribution is 2.31. The highest BCUT2D eigenvalue weighted by molar-refractivity contribution is 7.12. The summed E-state index contributed by atoms with van der Waals surface area (Å²) < 4.78 is 0. The Labute approximate surface area is 94.2 Å². The molecule has 0 N–H and O–H groups in total. The fraction of sp³-hybridized carbons (Fsp3) is 0.417. The molecule has 0 radical (unpaired) electrons. The van der Waals surface area contributed by atoms with Crippen molar-refractivity contribution in [3.63, 3.8) is 0 Å². The van der Waals surface area contributed by atoms with Gasteiger partial charge in [-0.2, -0.15) is 0 Å². The van der Waals surface area contributed by atoms with Gasteiger partial charge in [-0.25, -0.2) is 0 Å². The number of carbonyl (C=O) groups excluding carboxylic acids is 1. The molecule has 1 aliphatic carbocycles. The Bertz CT molecular complexity index is 429. The molecule has 0 aliphatic heterocycles. The van der Waals surface area contributed by atoms with Gasteiger partial charge in [0.1, 0.15) is 0 Å². The van der Waals surface area contributed by atoms with E-state index < -0.39 is 0 Å². The maximum absolute atomic E-state index is 12.1. The lowest BCUT2D eigenvalue weighted by molar-refractivity contribution is 0.102. The van der Waals surface area contributed by atoms with Crippen LogP contribution in [0.25, 0.3) is 0 Å².